The van der Waals surface area contributed by atoms with Crippen LogP contribution in [0.1, 0.15) is 35.7 Å². The lowest BCUT2D eigenvalue weighted by atomic mass is 9.91. The Morgan fingerprint density at radius 2 is 2.28 bits per heavy atom. The van der Waals surface area contributed by atoms with Crippen molar-refractivity contribution in [1.29, 1.82) is 0 Å². The molecule has 0 bridgehead atoms. The summed E-state index contributed by atoms with van der Waals surface area (Å²) in [7, 11) is 3.94. The minimum absolute atomic E-state index is 0.511. The van der Waals surface area contributed by atoms with Crippen molar-refractivity contribution in [2.24, 2.45) is 7.05 Å². The third-order valence-electron chi connectivity index (χ3n) is 3.65. The molecule has 0 spiro atoms. The predicted octanol–water partition coefficient (Wildman–Crippen LogP) is 1.26. The van der Waals surface area contributed by atoms with Crippen LogP contribution in [0.15, 0.2) is 18.6 Å². The molecule has 0 fully saturated rings. The zero-order chi connectivity index (χ0) is 12.5. The van der Waals surface area contributed by atoms with Crippen molar-refractivity contribution in [2.75, 3.05) is 7.05 Å². The van der Waals surface area contributed by atoms with Gasteiger partial charge in [-0.15, -0.1) is 5.10 Å². The maximum Gasteiger partial charge on any atom is 0.102 e. The fraction of sp³-hybridized carbons (Fsp3) is 0.538. The highest BCUT2D eigenvalue weighted by Gasteiger charge is 2.20. The van der Waals surface area contributed by atoms with E-state index >= 15 is 0 Å². The molecule has 96 valence electrons. The van der Waals surface area contributed by atoms with Crippen molar-refractivity contribution < 1.29 is 0 Å². The van der Waals surface area contributed by atoms with Crippen LogP contribution in [0.2, 0.25) is 0 Å². The van der Waals surface area contributed by atoms with E-state index in [0.29, 0.717) is 6.04 Å². The van der Waals surface area contributed by atoms with Crippen LogP contribution in [0, 0.1) is 0 Å². The number of fused-ring (bicyclic) bond motifs is 1. The highest BCUT2D eigenvalue weighted by atomic mass is 15.4. The van der Waals surface area contributed by atoms with Gasteiger partial charge in [0.25, 0.3) is 0 Å². The summed E-state index contributed by atoms with van der Waals surface area (Å²) in [5.74, 6) is 0. The second-order valence-corrected chi connectivity index (χ2v) is 5.03. The van der Waals surface area contributed by atoms with Crippen LogP contribution in [-0.2, 0) is 20.0 Å². The average molecular weight is 245 g/mol. The normalized spacial score (nSPS) is 18.9. The molecule has 1 atom stereocenters. The van der Waals surface area contributed by atoms with Crippen molar-refractivity contribution in [2.45, 2.75) is 31.8 Å². The van der Waals surface area contributed by atoms with Gasteiger partial charge in [-0.3, -0.25) is 4.68 Å². The van der Waals surface area contributed by atoms with Gasteiger partial charge in [-0.1, -0.05) is 5.21 Å². The van der Waals surface area contributed by atoms with Crippen LogP contribution >= 0.6 is 0 Å². The summed E-state index contributed by atoms with van der Waals surface area (Å²) >= 11 is 0. The van der Waals surface area contributed by atoms with E-state index in [1.165, 1.54) is 30.4 Å². The van der Waals surface area contributed by atoms with Crippen LogP contribution in [0.5, 0.6) is 0 Å². The monoisotopic (exact) mass is 245 g/mol. The highest BCUT2D eigenvalue weighted by Crippen LogP contribution is 2.30. The Kier molecular flexibility index (Phi) is 2.91. The lowest BCUT2D eigenvalue weighted by Gasteiger charge is -2.21. The van der Waals surface area contributed by atoms with Crippen LogP contribution in [0.25, 0.3) is 0 Å². The molecule has 2 aromatic rings. The SMILES string of the molecule is CNC1CCCc2cn(Cc3cn(C)nn3)cc21. The van der Waals surface area contributed by atoms with Crippen molar-refractivity contribution in [3.63, 3.8) is 0 Å². The summed E-state index contributed by atoms with van der Waals surface area (Å²) in [5, 5.41) is 11.5. The van der Waals surface area contributed by atoms with E-state index < -0.39 is 0 Å². The van der Waals surface area contributed by atoms with Crippen LogP contribution in [0.4, 0.5) is 0 Å². The lowest BCUT2D eigenvalue weighted by Crippen LogP contribution is -2.20. The Morgan fingerprint density at radius 3 is 3.00 bits per heavy atom. The molecular formula is C13H19N5. The second-order valence-electron chi connectivity index (χ2n) is 5.03. The van der Waals surface area contributed by atoms with E-state index in [-0.39, 0.29) is 0 Å². The molecule has 5 nitrogen and oxygen atoms in total. The molecule has 0 amide bonds. The molecule has 5 heteroatoms. The fourth-order valence-corrected chi connectivity index (χ4v) is 2.79. The van der Waals surface area contributed by atoms with Gasteiger partial charge in [-0.25, -0.2) is 0 Å². The van der Waals surface area contributed by atoms with Gasteiger partial charge in [0.2, 0.25) is 0 Å². The predicted molar refractivity (Wildman–Crippen MR) is 69.3 cm³/mol. The summed E-state index contributed by atoms with van der Waals surface area (Å²) in [5.41, 5.74) is 3.93. The third-order valence-corrected chi connectivity index (χ3v) is 3.65. The third kappa shape index (κ3) is 2.06. The van der Waals surface area contributed by atoms with E-state index in [4.69, 9.17) is 0 Å². The molecule has 3 rings (SSSR count). The van der Waals surface area contributed by atoms with Gasteiger partial charge < -0.3 is 9.88 Å². The maximum absolute atomic E-state index is 4.13. The zero-order valence-corrected chi connectivity index (χ0v) is 10.9. The van der Waals surface area contributed by atoms with Gasteiger partial charge in [0.1, 0.15) is 5.69 Å². The number of hydrogen-bond donors (Lipinski definition) is 1. The molecule has 1 aliphatic rings. The first kappa shape index (κ1) is 11.5. The molecule has 0 aliphatic heterocycles. The zero-order valence-electron chi connectivity index (χ0n) is 10.9. The van der Waals surface area contributed by atoms with Crippen molar-refractivity contribution in [3.05, 3.63) is 35.4 Å². The number of aromatic nitrogens is 4. The molecule has 1 aliphatic carbocycles. The molecule has 1 N–H and O–H groups in total. The van der Waals surface area contributed by atoms with Gasteiger partial charge in [-0.2, -0.15) is 0 Å². The van der Waals surface area contributed by atoms with E-state index in [2.05, 4.69) is 32.6 Å². The number of rotatable bonds is 3. The van der Waals surface area contributed by atoms with Gasteiger partial charge in [0, 0.05) is 31.7 Å². The van der Waals surface area contributed by atoms with Crippen molar-refractivity contribution >= 4 is 0 Å². The minimum atomic E-state index is 0.511. The fourth-order valence-electron chi connectivity index (χ4n) is 2.79. The van der Waals surface area contributed by atoms with Gasteiger partial charge in [0.15, 0.2) is 0 Å². The Balaban J connectivity index is 1.84. The average Bonchev–Trinajstić information content (AvgIpc) is 2.94. The first-order chi connectivity index (χ1) is 8.76. The molecule has 0 saturated carbocycles. The van der Waals surface area contributed by atoms with Crippen molar-refractivity contribution in [1.82, 2.24) is 24.9 Å². The van der Waals surface area contributed by atoms with E-state index in [9.17, 15) is 0 Å². The number of hydrogen-bond acceptors (Lipinski definition) is 3. The van der Waals surface area contributed by atoms with E-state index in [1.54, 1.807) is 4.68 Å². The largest absolute Gasteiger partial charge is 0.348 e. The summed E-state index contributed by atoms with van der Waals surface area (Å²) in [6, 6.07) is 0.511. The van der Waals surface area contributed by atoms with E-state index in [0.717, 1.165) is 12.2 Å². The standard InChI is InChI=1S/C13H19N5/c1-14-13-5-3-4-10-6-18(9-12(10)13)8-11-7-17(2)16-15-11/h6-7,9,13-14H,3-5,8H2,1-2H3. The van der Waals surface area contributed by atoms with Crippen LogP contribution < -0.4 is 5.32 Å². The minimum Gasteiger partial charge on any atom is -0.348 e. The molecule has 18 heavy (non-hydrogen) atoms. The molecule has 1 unspecified atom stereocenters. The lowest BCUT2D eigenvalue weighted by molar-refractivity contribution is 0.498. The molecule has 0 radical (unpaired) electrons. The topological polar surface area (TPSA) is 47.7 Å². The van der Waals surface area contributed by atoms with Crippen LogP contribution in [-0.4, -0.2) is 26.6 Å². The number of nitrogens with one attached hydrogen (secondary N) is 1. The van der Waals surface area contributed by atoms with Gasteiger partial charge >= 0.3 is 0 Å². The summed E-state index contributed by atoms with van der Waals surface area (Å²) in [4.78, 5) is 0. The van der Waals surface area contributed by atoms with Crippen LogP contribution in [0.3, 0.4) is 0 Å². The highest BCUT2D eigenvalue weighted by molar-refractivity contribution is 5.30. The first-order valence-corrected chi connectivity index (χ1v) is 6.47. The molecule has 0 aromatic carbocycles. The van der Waals surface area contributed by atoms with Gasteiger partial charge in [0.05, 0.1) is 6.54 Å². The number of aryl methyl sites for hydroxylation is 2. The summed E-state index contributed by atoms with van der Waals surface area (Å²) in [6.07, 6.45) is 10.2. The Bertz CT molecular complexity index is 539. The Morgan fingerprint density at radius 1 is 1.39 bits per heavy atom. The Hall–Kier alpha value is -1.62. The summed E-state index contributed by atoms with van der Waals surface area (Å²) < 4.78 is 3.97. The molecular weight excluding hydrogens is 226 g/mol. The molecule has 0 saturated heterocycles. The first-order valence-electron chi connectivity index (χ1n) is 6.47. The number of nitrogens with zero attached hydrogens (tertiary/aromatic N) is 4. The maximum atomic E-state index is 4.13. The summed E-state index contributed by atoms with van der Waals surface area (Å²) in [6.45, 7) is 0.803. The Labute approximate surface area is 107 Å². The van der Waals surface area contributed by atoms with Gasteiger partial charge in [-0.05, 0) is 37.4 Å². The second kappa shape index (κ2) is 4.57. The smallest absolute Gasteiger partial charge is 0.102 e. The quantitative estimate of drug-likeness (QED) is 0.885. The van der Waals surface area contributed by atoms with Crippen molar-refractivity contribution in [3.8, 4) is 0 Å². The van der Waals surface area contributed by atoms with E-state index in [1.807, 2.05) is 20.3 Å². The molecule has 2 aromatic heterocycles. The molecule has 2 heterocycles.